The Hall–Kier alpha value is -2.48. The number of carboxylic acid groups (broad SMARTS) is 1. The molecule has 0 radical (unpaired) electrons. The molecule has 0 saturated heterocycles. The molecule has 2 aromatic rings. The van der Waals surface area contributed by atoms with E-state index in [4.69, 9.17) is 16.7 Å². The van der Waals surface area contributed by atoms with E-state index in [1.54, 1.807) is 6.07 Å². The van der Waals surface area contributed by atoms with E-state index in [-0.39, 0.29) is 28.4 Å². The number of carbonyl (C=O) groups is 2. The summed E-state index contributed by atoms with van der Waals surface area (Å²) >= 11 is 5.74. The molecule has 25 heavy (non-hydrogen) atoms. The van der Waals surface area contributed by atoms with E-state index < -0.39 is 17.7 Å². The summed E-state index contributed by atoms with van der Waals surface area (Å²) < 4.78 is 15.2. The molecule has 1 amide bonds. The van der Waals surface area contributed by atoms with Gasteiger partial charge in [-0.05, 0) is 37.8 Å². The van der Waals surface area contributed by atoms with Gasteiger partial charge < -0.3 is 10.4 Å². The first-order chi connectivity index (χ1) is 12.0. The van der Waals surface area contributed by atoms with Crippen molar-refractivity contribution < 1.29 is 19.1 Å². The monoisotopic (exact) mass is 366 g/mol. The van der Waals surface area contributed by atoms with Gasteiger partial charge in [-0.1, -0.05) is 22.9 Å². The van der Waals surface area contributed by atoms with Gasteiger partial charge in [-0.3, -0.25) is 9.59 Å². The van der Waals surface area contributed by atoms with Crippen LogP contribution in [0.5, 0.6) is 0 Å². The maximum Gasteiger partial charge on any atom is 0.306 e. The third-order valence-corrected chi connectivity index (χ3v) is 4.61. The van der Waals surface area contributed by atoms with Gasteiger partial charge in [-0.25, -0.2) is 9.07 Å². The van der Waals surface area contributed by atoms with Gasteiger partial charge >= 0.3 is 5.97 Å². The molecule has 1 aliphatic carbocycles. The highest BCUT2D eigenvalue weighted by molar-refractivity contribution is 6.30. The number of aliphatic carboxylic acids is 1. The Bertz CT molecular complexity index is 802. The van der Waals surface area contributed by atoms with Crippen LogP contribution in [-0.4, -0.2) is 38.0 Å². The average molecular weight is 367 g/mol. The van der Waals surface area contributed by atoms with E-state index in [9.17, 15) is 14.0 Å². The number of carbonyl (C=O) groups excluding carboxylic acids is 1. The summed E-state index contributed by atoms with van der Waals surface area (Å²) in [4.78, 5) is 23.2. The average Bonchev–Trinajstić information content (AvgIpc) is 3.08. The summed E-state index contributed by atoms with van der Waals surface area (Å²) in [5.74, 6) is -2.21. The number of halogens is 2. The minimum atomic E-state index is -0.795. The van der Waals surface area contributed by atoms with Crippen molar-refractivity contribution in [1.29, 1.82) is 0 Å². The van der Waals surface area contributed by atoms with Gasteiger partial charge in [0.15, 0.2) is 11.5 Å². The SMILES string of the molecule is O=C(NC1CCC(C(=O)O)CC1)c1cn(-c2cccc(Cl)c2F)nn1. The molecule has 3 rings (SSSR count). The van der Waals surface area contributed by atoms with Gasteiger partial charge in [0.25, 0.3) is 5.91 Å². The molecule has 1 saturated carbocycles. The quantitative estimate of drug-likeness (QED) is 0.866. The second-order valence-electron chi connectivity index (χ2n) is 5.98. The molecule has 1 aromatic carbocycles. The molecular formula is C16H16ClFN4O3. The summed E-state index contributed by atoms with van der Waals surface area (Å²) in [5, 5.41) is 19.3. The van der Waals surface area contributed by atoms with Crippen molar-refractivity contribution in [3.05, 3.63) is 40.9 Å². The van der Waals surface area contributed by atoms with Crippen LogP contribution in [0.3, 0.4) is 0 Å². The van der Waals surface area contributed by atoms with Crippen molar-refractivity contribution in [2.24, 2.45) is 5.92 Å². The summed E-state index contributed by atoms with van der Waals surface area (Å²) in [5.41, 5.74) is 0.153. The van der Waals surface area contributed by atoms with Crippen LogP contribution in [0.15, 0.2) is 24.4 Å². The Morgan fingerprint density at radius 1 is 1.28 bits per heavy atom. The third-order valence-electron chi connectivity index (χ3n) is 4.32. The van der Waals surface area contributed by atoms with Gasteiger partial charge in [0.05, 0.1) is 17.1 Å². The van der Waals surface area contributed by atoms with E-state index in [0.29, 0.717) is 25.7 Å². The summed E-state index contributed by atoms with van der Waals surface area (Å²) in [6.45, 7) is 0. The van der Waals surface area contributed by atoms with Crippen LogP contribution in [0.4, 0.5) is 4.39 Å². The molecule has 9 heteroatoms. The molecule has 132 valence electrons. The van der Waals surface area contributed by atoms with Crippen LogP contribution >= 0.6 is 11.6 Å². The molecule has 0 unspecified atom stereocenters. The van der Waals surface area contributed by atoms with E-state index in [1.165, 1.54) is 18.3 Å². The highest BCUT2D eigenvalue weighted by Crippen LogP contribution is 2.25. The molecule has 1 aromatic heterocycles. The first-order valence-electron chi connectivity index (χ1n) is 7.86. The van der Waals surface area contributed by atoms with Crippen molar-refractivity contribution >= 4 is 23.5 Å². The maximum absolute atomic E-state index is 14.0. The van der Waals surface area contributed by atoms with E-state index in [0.717, 1.165) is 4.68 Å². The largest absolute Gasteiger partial charge is 0.481 e. The zero-order valence-corrected chi connectivity index (χ0v) is 13.9. The van der Waals surface area contributed by atoms with Crippen molar-refractivity contribution in [2.45, 2.75) is 31.7 Å². The minimum absolute atomic E-state index is 0.0470. The molecule has 1 heterocycles. The van der Waals surface area contributed by atoms with Crippen LogP contribution in [0.2, 0.25) is 5.02 Å². The fourth-order valence-corrected chi connectivity index (χ4v) is 3.07. The molecule has 0 bridgehead atoms. The third kappa shape index (κ3) is 3.79. The molecule has 0 aliphatic heterocycles. The number of hydrogen-bond donors (Lipinski definition) is 2. The number of nitrogens with zero attached hydrogens (tertiary/aromatic N) is 3. The van der Waals surface area contributed by atoms with Crippen molar-refractivity contribution in [1.82, 2.24) is 20.3 Å². The van der Waals surface area contributed by atoms with Crippen LogP contribution < -0.4 is 5.32 Å². The minimum Gasteiger partial charge on any atom is -0.481 e. The molecule has 7 nitrogen and oxygen atoms in total. The van der Waals surface area contributed by atoms with Gasteiger partial charge in [0.2, 0.25) is 0 Å². The smallest absolute Gasteiger partial charge is 0.306 e. The van der Waals surface area contributed by atoms with Crippen LogP contribution in [-0.2, 0) is 4.79 Å². The van der Waals surface area contributed by atoms with Gasteiger partial charge in [0.1, 0.15) is 5.69 Å². The van der Waals surface area contributed by atoms with Gasteiger partial charge in [-0.15, -0.1) is 5.10 Å². The first-order valence-corrected chi connectivity index (χ1v) is 8.24. The van der Waals surface area contributed by atoms with Gasteiger partial charge in [0, 0.05) is 6.04 Å². The lowest BCUT2D eigenvalue weighted by Gasteiger charge is -2.26. The fraction of sp³-hybridized carbons (Fsp3) is 0.375. The van der Waals surface area contributed by atoms with Crippen molar-refractivity contribution in [3.63, 3.8) is 0 Å². The summed E-state index contributed by atoms with van der Waals surface area (Å²) in [7, 11) is 0. The lowest BCUT2D eigenvalue weighted by Crippen LogP contribution is -2.38. The fourth-order valence-electron chi connectivity index (χ4n) is 2.90. The highest BCUT2D eigenvalue weighted by Gasteiger charge is 2.27. The van der Waals surface area contributed by atoms with Gasteiger partial charge in [-0.2, -0.15) is 0 Å². The van der Waals surface area contributed by atoms with E-state index in [2.05, 4.69) is 15.6 Å². The zero-order chi connectivity index (χ0) is 18.0. The molecule has 1 aliphatic rings. The molecule has 1 fully saturated rings. The molecule has 0 atom stereocenters. The topological polar surface area (TPSA) is 97.1 Å². The van der Waals surface area contributed by atoms with Crippen LogP contribution in [0.25, 0.3) is 5.69 Å². The highest BCUT2D eigenvalue weighted by atomic mass is 35.5. The zero-order valence-electron chi connectivity index (χ0n) is 13.2. The Balaban J connectivity index is 1.65. The number of hydrogen-bond acceptors (Lipinski definition) is 4. The van der Waals surface area contributed by atoms with Crippen molar-refractivity contribution in [3.8, 4) is 5.69 Å². The Labute approximate surface area is 147 Å². The number of rotatable bonds is 4. The standard InChI is InChI=1S/C16H16ClFN4O3/c17-11-2-1-3-13(14(11)18)22-8-12(20-21-22)15(23)19-10-6-4-9(5-7-10)16(24)25/h1-3,8-10H,4-7H2,(H,19,23)(H,24,25). The van der Waals surface area contributed by atoms with E-state index in [1.807, 2.05) is 0 Å². The van der Waals surface area contributed by atoms with Crippen LogP contribution in [0.1, 0.15) is 36.2 Å². The van der Waals surface area contributed by atoms with E-state index >= 15 is 0 Å². The maximum atomic E-state index is 14.0. The Kier molecular flexibility index (Phi) is 4.98. The number of benzene rings is 1. The molecule has 0 spiro atoms. The van der Waals surface area contributed by atoms with Crippen molar-refractivity contribution in [2.75, 3.05) is 0 Å². The normalized spacial score (nSPS) is 20.2. The number of amides is 1. The predicted molar refractivity (Wildman–Crippen MR) is 87.2 cm³/mol. The van der Waals surface area contributed by atoms with Crippen LogP contribution in [0, 0.1) is 11.7 Å². The molecular weight excluding hydrogens is 351 g/mol. The second-order valence-corrected chi connectivity index (χ2v) is 6.39. The Morgan fingerprint density at radius 3 is 2.68 bits per heavy atom. The Morgan fingerprint density at radius 2 is 2.00 bits per heavy atom. The predicted octanol–water partition coefficient (Wildman–Crippen LogP) is 2.43. The number of aromatic nitrogens is 3. The summed E-state index contributed by atoms with van der Waals surface area (Å²) in [6.07, 6.45) is 3.58. The summed E-state index contributed by atoms with van der Waals surface area (Å²) in [6, 6.07) is 4.36. The second kappa shape index (κ2) is 7.18. The first kappa shape index (κ1) is 17.3. The lowest BCUT2D eigenvalue weighted by atomic mass is 9.86. The number of carboxylic acids is 1. The molecule has 2 N–H and O–H groups in total. The lowest BCUT2D eigenvalue weighted by molar-refractivity contribution is -0.142. The number of nitrogens with one attached hydrogen (secondary N) is 1.